The van der Waals surface area contributed by atoms with Gasteiger partial charge in [-0.3, -0.25) is 0 Å². The fourth-order valence-corrected chi connectivity index (χ4v) is 1.81. The fourth-order valence-electron chi connectivity index (χ4n) is 1.81. The van der Waals surface area contributed by atoms with Crippen molar-refractivity contribution < 1.29 is 5.11 Å². The Morgan fingerprint density at radius 3 is 2.05 bits per heavy atom. The molecule has 0 saturated heterocycles. The highest BCUT2D eigenvalue weighted by Crippen LogP contribution is 2.19. The molecule has 3 N–H and O–H groups in total. The zero-order chi connectivity index (χ0) is 14.4. The Hall–Kier alpha value is -2.46. The molecule has 0 heterocycles. The second-order valence-electron chi connectivity index (χ2n) is 4.41. The zero-order valence-electron chi connectivity index (χ0n) is 11.3. The van der Waals surface area contributed by atoms with Crippen LogP contribution >= 0.6 is 0 Å². The van der Waals surface area contributed by atoms with Crippen molar-refractivity contribution in [3.63, 3.8) is 0 Å². The van der Waals surface area contributed by atoms with Gasteiger partial charge in [0.1, 0.15) is 17.7 Å². The molecule has 0 aromatic heterocycles. The smallest absolute Gasteiger partial charge is 0.123 e. The van der Waals surface area contributed by atoms with Crippen molar-refractivity contribution in [1.29, 1.82) is 0 Å². The van der Waals surface area contributed by atoms with Crippen molar-refractivity contribution in [2.75, 3.05) is 0 Å². The molecule has 0 saturated carbocycles. The maximum absolute atomic E-state index is 10.5. The lowest BCUT2D eigenvalue weighted by Crippen LogP contribution is -2.14. The number of nitrogens with two attached hydrogens (primary N) is 1. The monoisotopic (exact) mass is 267 g/mol. The molecule has 0 aliphatic carbocycles. The van der Waals surface area contributed by atoms with Gasteiger partial charge in [0.15, 0.2) is 0 Å². The molecule has 0 aliphatic rings. The summed E-state index contributed by atoms with van der Waals surface area (Å²) in [7, 11) is 0. The molecule has 4 heteroatoms. The minimum absolute atomic E-state index is 0.346. The van der Waals surface area contributed by atoms with Crippen LogP contribution in [-0.2, 0) is 0 Å². The van der Waals surface area contributed by atoms with Crippen LogP contribution in [0.5, 0.6) is 0 Å². The number of aliphatic hydroxyl groups is 1. The first kappa shape index (κ1) is 14.0. The van der Waals surface area contributed by atoms with Gasteiger partial charge in [-0.15, -0.1) is 5.10 Å². The summed E-state index contributed by atoms with van der Waals surface area (Å²) < 4.78 is 0. The number of rotatable bonds is 4. The first-order chi connectivity index (χ1) is 9.68. The molecule has 0 radical (unpaired) electrons. The van der Waals surface area contributed by atoms with E-state index in [4.69, 9.17) is 5.73 Å². The van der Waals surface area contributed by atoms with E-state index in [0.29, 0.717) is 11.5 Å². The zero-order valence-corrected chi connectivity index (χ0v) is 11.3. The molecule has 0 bridgehead atoms. The van der Waals surface area contributed by atoms with E-state index in [2.05, 4.69) is 10.2 Å². The molecule has 2 rings (SSSR count). The number of hydrogen-bond acceptors (Lipinski definition) is 3. The van der Waals surface area contributed by atoms with Crippen molar-refractivity contribution in [1.82, 2.24) is 0 Å². The van der Waals surface area contributed by atoms with Crippen LogP contribution in [0.25, 0.3) is 0 Å². The van der Waals surface area contributed by atoms with E-state index in [0.717, 1.165) is 11.1 Å². The predicted octanol–water partition coefficient (Wildman–Crippen LogP) is 2.50. The molecule has 4 nitrogen and oxygen atoms in total. The average molecular weight is 267 g/mol. The van der Waals surface area contributed by atoms with Gasteiger partial charge in [0, 0.05) is 5.56 Å². The summed E-state index contributed by atoms with van der Waals surface area (Å²) in [5, 5.41) is 18.5. The lowest BCUT2D eigenvalue weighted by molar-refractivity contribution is 0.247. The van der Waals surface area contributed by atoms with Gasteiger partial charge in [0.25, 0.3) is 0 Å². The Labute approximate surface area is 118 Å². The lowest BCUT2D eigenvalue weighted by Gasteiger charge is -2.13. The lowest BCUT2D eigenvalue weighted by atomic mass is 9.99. The van der Waals surface area contributed by atoms with Crippen LogP contribution < -0.4 is 5.73 Å². The van der Waals surface area contributed by atoms with Gasteiger partial charge < -0.3 is 10.8 Å². The van der Waals surface area contributed by atoms with Crippen LogP contribution in [0, 0.1) is 0 Å². The highest BCUT2D eigenvalue weighted by molar-refractivity contribution is 6.04. The summed E-state index contributed by atoms with van der Waals surface area (Å²) in [6, 6.07) is 18.8. The summed E-state index contributed by atoms with van der Waals surface area (Å²) in [5.74, 6) is 0.346. The van der Waals surface area contributed by atoms with E-state index < -0.39 is 6.10 Å². The maximum atomic E-state index is 10.5. The third-order valence-corrected chi connectivity index (χ3v) is 2.76. The van der Waals surface area contributed by atoms with Crippen LogP contribution in [0.4, 0.5) is 0 Å². The first-order valence-corrected chi connectivity index (χ1v) is 6.34. The largest absolute Gasteiger partial charge is 0.386 e. The highest BCUT2D eigenvalue weighted by atomic mass is 16.3. The fraction of sp³-hybridized carbons (Fsp3) is 0.125. The normalized spacial score (nSPS) is 14.1. The topological polar surface area (TPSA) is 71.0 Å². The summed E-state index contributed by atoms with van der Waals surface area (Å²) in [4.78, 5) is 0. The molecule has 102 valence electrons. The van der Waals surface area contributed by atoms with Crippen LogP contribution in [0.15, 0.2) is 70.9 Å². The minimum Gasteiger partial charge on any atom is -0.386 e. The highest BCUT2D eigenvalue weighted by Gasteiger charge is 2.17. The van der Waals surface area contributed by atoms with Crippen LogP contribution in [0.3, 0.4) is 0 Å². The number of nitrogens with zero attached hydrogens (tertiary/aromatic N) is 2. The SMILES string of the molecule is C/C(N)=N/N=C(\c1ccccc1)C(O)c1ccccc1. The number of hydrogen-bond donors (Lipinski definition) is 2. The molecular formula is C16H17N3O. The Morgan fingerprint density at radius 1 is 0.950 bits per heavy atom. The quantitative estimate of drug-likeness (QED) is 0.507. The summed E-state index contributed by atoms with van der Waals surface area (Å²) in [6.07, 6.45) is -0.846. The molecule has 20 heavy (non-hydrogen) atoms. The Morgan fingerprint density at radius 2 is 1.50 bits per heavy atom. The standard InChI is InChI=1S/C16H17N3O/c1-12(17)18-19-15(13-8-4-2-5-9-13)16(20)14-10-6-3-7-11-14/h2-11,16,20H,1H3,(H2,17,18)/b19-15+. The van der Waals surface area contributed by atoms with Gasteiger partial charge in [-0.1, -0.05) is 60.7 Å². The van der Waals surface area contributed by atoms with Gasteiger partial charge >= 0.3 is 0 Å². The number of amidine groups is 1. The Bertz CT molecular complexity index is 602. The van der Waals surface area contributed by atoms with Crippen molar-refractivity contribution in [2.24, 2.45) is 15.9 Å². The molecule has 2 aromatic carbocycles. The van der Waals surface area contributed by atoms with Gasteiger partial charge in [0.05, 0.1) is 0 Å². The summed E-state index contributed by atoms with van der Waals surface area (Å²) >= 11 is 0. The average Bonchev–Trinajstić information content (AvgIpc) is 2.49. The second-order valence-corrected chi connectivity index (χ2v) is 4.41. The van der Waals surface area contributed by atoms with Gasteiger partial charge in [0.2, 0.25) is 0 Å². The molecule has 0 aliphatic heterocycles. The van der Waals surface area contributed by atoms with E-state index in [1.54, 1.807) is 6.92 Å². The Balaban J connectivity index is 2.42. The number of aliphatic hydroxyl groups excluding tert-OH is 1. The van der Waals surface area contributed by atoms with E-state index in [1.807, 2.05) is 60.7 Å². The van der Waals surface area contributed by atoms with Crippen molar-refractivity contribution in [3.8, 4) is 0 Å². The maximum Gasteiger partial charge on any atom is 0.123 e. The van der Waals surface area contributed by atoms with E-state index in [9.17, 15) is 5.11 Å². The third-order valence-electron chi connectivity index (χ3n) is 2.76. The molecule has 1 atom stereocenters. The molecule has 0 spiro atoms. The minimum atomic E-state index is -0.846. The first-order valence-electron chi connectivity index (χ1n) is 6.34. The van der Waals surface area contributed by atoms with Gasteiger partial charge in [-0.25, -0.2) is 0 Å². The third kappa shape index (κ3) is 3.52. The van der Waals surface area contributed by atoms with E-state index in [1.165, 1.54) is 0 Å². The van der Waals surface area contributed by atoms with Gasteiger partial charge in [-0.05, 0) is 12.5 Å². The van der Waals surface area contributed by atoms with Crippen LogP contribution in [0.1, 0.15) is 24.2 Å². The molecule has 0 amide bonds. The van der Waals surface area contributed by atoms with E-state index in [-0.39, 0.29) is 0 Å². The molecule has 2 aromatic rings. The van der Waals surface area contributed by atoms with Crippen molar-refractivity contribution in [2.45, 2.75) is 13.0 Å². The van der Waals surface area contributed by atoms with Crippen LogP contribution in [0.2, 0.25) is 0 Å². The Kier molecular flexibility index (Phi) is 4.63. The second kappa shape index (κ2) is 6.63. The summed E-state index contributed by atoms with van der Waals surface area (Å²) in [5.41, 5.74) is 7.57. The molecule has 1 unspecified atom stereocenters. The molecular weight excluding hydrogens is 250 g/mol. The van der Waals surface area contributed by atoms with Crippen molar-refractivity contribution in [3.05, 3.63) is 71.8 Å². The van der Waals surface area contributed by atoms with Crippen LogP contribution in [-0.4, -0.2) is 16.7 Å². The molecule has 0 fully saturated rings. The van der Waals surface area contributed by atoms with Crippen molar-refractivity contribution >= 4 is 11.5 Å². The summed E-state index contributed by atoms with van der Waals surface area (Å²) in [6.45, 7) is 1.65. The predicted molar refractivity (Wildman–Crippen MR) is 81.7 cm³/mol. The van der Waals surface area contributed by atoms with E-state index >= 15 is 0 Å². The number of benzene rings is 2. The van der Waals surface area contributed by atoms with Gasteiger partial charge in [-0.2, -0.15) is 5.10 Å².